The summed E-state index contributed by atoms with van der Waals surface area (Å²) in [5.74, 6) is 0. The molecule has 0 fully saturated rings. The number of nitrogens with one attached hydrogen (secondary N) is 2. The SMILES string of the molecule is CS(=O)(=O)Nc1ccc(-c2cc3ccc(=O)[nH]c3nc2-c2ccccc2)cc1Cl. The summed E-state index contributed by atoms with van der Waals surface area (Å²) >= 11 is 6.33. The van der Waals surface area contributed by atoms with Crippen LogP contribution in [0.15, 0.2) is 71.5 Å². The van der Waals surface area contributed by atoms with Crippen LogP contribution in [0, 0.1) is 0 Å². The average molecular weight is 426 g/mol. The summed E-state index contributed by atoms with van der Waals surface area (Å²) in [5.41, 5.74) is 3.70. The largest absolute Gasteiger partial charge is 0.307 e. The van der Waals surface area contributed by atoms with Gasteiger partial charge in [-0.15, -0.1) is 0 Å². The van der Waals surface area contributed by atoms with Crippen LogP contribution >= 0.6 is 11.6 Å². The van der Waals surface area contributed by atoms with E-state index in [0.717, 1.165) is 28.3 Å². The van der Waals surface area contributed by atoms with E-state index in [0.29, 0.717) is 17.0 Å². The van der Waals surface area contributed by atoms with Gasteiger partial charge in [-0.05, 0) is 29.8 Å². The van der Waals surface area contributed by atoms with Crippen LogP contribution in [0.5, 0.6) is 0 Å². The van der Waals surface area contributed by atoms with Gasteiger partial charge < -0.3 is 4.98 Å². The predicted molar refractivity (Wildman–Crippen MR) is 117 cm³/mol. The van der Waals surface area contributed by atoms with Crippen molar-refractivity contribution in [2.75, 3.05) is 11.0 Å². The van der Waals surface area contributed by atoms with Crippen LogP contribution in [-0.4, -0.2) is 24.6 Å². The standard InChI is InChI=1S/C21H16ClN3O3S/c1-29(27,28)25-18-9-7-14(12-17(18)22)16-11-15-8-10-19(26)23-21(15)24-20(16)13-5-3-2-4-6-13/h2-12,25H,1H3,(H,23,24,26). The maximum Gasteiger partial charge on any atom is 0.249 e. The molecule has 0 aliphatic carbocycles. The number of fused-ring (bicyclic) bond motifs is 1. The van der Waals surface area contributed by atoms with E-state index in [4.69, 9.17) is 11.6 Å². The van der Waals surface area contributed by atoms with E-state index in [-0.39, 0.29) is 10.6 Å². The molecule has 4 rings (SSSR count). The Morgan fingerprint density at radius 2 is 1.72 bits per heavy atom. The molecule has 0 saturated carbocycles. The molecule has 146 valence electrons. The Morgan fingerprint density at radius 3 is 2.41 bits per heavy atom. The van der Waals surface area contributed by atoms with E-state index in [2.05, 4.69) is 14.7 Å². The number of rotatable bonds is 4. The Labute approximate surface area is 172 Å². The normalized spacial score (nSPS) is 11.5. The molecule has 29 heavy (non-hydrogen) atoms. The molecule has 0 aliphatic rings. The Kier molecular flexibility index (Phi) is 4.86. The van der Waals surface area contributed by atoms with Crippen LogP contribution in [0.4, 0.5) is 5.69 Å². The molecule has 8 heteroatoms. The van der Waals surface area contributed by atoms with Gasteiger partial charge in [0.2, 0.25) is 15.6 Å². The molecule has 2 N–H and O–H groups in total. The first-order chi connectivity index (χ1) is 13.8. The molecule has 2 aromatic heterocycles. The minimum atomic E-state index is -3.44. The fourth-order valence-corrected chi connectivity index (χ4v) is 3.94. The monoisotopic (exact) mass is 425 g/mol. The first-order valence-electron chi connectivity index (χ1n) is 8.67. The molecule has 2 aromatic carbocycles. The Bertz CT molecular complexity index is 1380. The lowest BCUT2D eigenvalue weighted by Gasteiger charge is -2.13. The zero-order chi connectivity index (χ0) is 20.6. The molecule has 0 unspecified atom stereocenters. The maximum atomic E-state index is 11.7. The van der Waals surface area contributed by atoms with Gasteiger partial charge in [0, 0.05) is 22.6 Å². The summed E-state index contributed by atoms with van der Waals surface area (Å²) < 4.78 is 25.4. The Hall–Kier alpha value is -3.16. The molecule has 6 nitrogen and oxygen atoms in total. The highest BCUT2D eigenvalue weighted by Gasteiger charge is 2.14. The van der Waals surface area contributed by atoms with Crippen LogP contribution in [0.3, 0.4) is 0 Å². The molecule has 0 saturated heterocycles. The van der Waals surface area contributed by atoms with Gasteiger partial charge in [0.1, 0.15) is 5.65 Å². The lowest BCUT2D eigenvalue weighted by Crippen LogP contribution is -2.09. The van der Waals surface area contributed by atoms with E-state index in [1.807, 2.05) is 36.4 Å². The van der Waals surface area contributed by atoms with E-state index in [9.17, 15) is 13.2 Å². The van der Waals surface area contributed by atoms with Crippen LogP contribution in [0.1, 0.15) is 0 Å². The van der Waals surface area contributed by atoms with Crippen molar-refractivity contribution in [1.29, 1.82) is 0 Å². The molecule has 0 aliphatic heterocycles. The van der Waals surface area contributed by atoms with Gasteiger partial charge in [0.25, 0.3) is 0 Å². The minimum Gasteiger partial charge on any atom is -0.307 e. The first-order valence-corrected chi connectivity index (χ1v) is 10.9. The average Bonchev–Trinajstić information content (AvgIpc) is 2.68. The molecule has 0 spiro atoms. The van der Waals surface area contributed by atoms with E-state index < -0.39 is 10.0 Å². The van der Waals surface area contributed by atoms with Crippen molar-refractivity contribution in [3.63, 3.8) is 0 Å². The number of sulfonamides is 1. The second-order valence-corrected chi connectivity index (χ2v) is 8.74. The van der Waals surface area contributed by atoms with Gasteiger partial charge in [0.15, 0.2) is 0 Å². The van der Waals surface area contributed by atoms with Crippen LogP contribution < -0.4 is 10.3 Å². The van der Waals surface area contributed by atoms with E-state index in [1.54, 1.807) is 24.3 Å². The van der Waals surface area contributed by atoms with Gasteiger partial charge in [0.05, 0.1) is 22.7 Å². The number of hydrogen-bond donors (Lipinski definition) is 2. The number of halogens is 1. The lowest BCUT2D eigenvalue weighted by molar-refractivity contribution is 0.607. The topological polar surface area (TPSA) is 91.9 Å². The molecule has 2 heterocycles. The third kappa shape index (κ3) is 4.16. The van der Waals surface area contributed by atoms with Crippen molar-refractivity contribution in [2.45, 2.75) is 0 Å². The van der Waals surface area contributed by atoms with Crippen molar-refractivity contribution in [1.82, 2.24) is 9.97 Å². The number of anilines is 1. The van der Waals surface area contributed by atoms with Crippen molar-refractivity contribution in [3.05, 3.63) is 82.1 Å². The summed E-state index contributed by atoms with van der Waals surface area (Å²) in [6, 6.07) is 19.8. The van der Waals surface area contributed by atoms with Crippen LogP contribution in [-0.2, 0) is 10.0 Å². The van der Waals surface area contributed by atoms with Gasteiger partial charge in [-0.1, -0.05) is 48.0 Å². The summed E-state index contributed by atoms with van der Waals surface area (Å²) in [6.07, 6.45) is 1.07. The smallest absolute Gasteiger partial charge is 0.249 e. The number of aromatic amines is 1. The minimum absolute atomic E-state index is 0.226. The molecular weight excluding hydrogens is 410 g/mol. The third-order valence-corrected chi connectivity index (χ3v) is 5.23. The molecule has 0 bridgehead atoms. The van der Waals surface area contributed by atoms with Crippen molar-refractivity contribution in [2.24, 2.45) is 0 Å². The lowest BCUT2D eigenvalue weighted by atomic mass is 9.98. The number of benzene rings is 2. The summed E-state index contributed by atoms with van der Waals surface area (Å²) in [4.78, 5) is 19.2. The van der Waals surface area contributed by atoms with Gasteiger partial charge in [-0.2, -0.15) is 0 Å². The maximum absolute atomic E-state index is 11.7. The first kappa shape index (κ1) is 19.2. The third-order valence-electron chi connectivity index (χ3n) is 4.33. The Balaban J connectivity index is 1.94. The second-order valence-electron chi connectivity index (χ2n) is 6.58. The summed E-state index contributed by atoms with van der Waals surface area (Å²) in [5, 5.41) is 1.04. The van der Waals surface area contributed by atoms with Crippen LogP contribution in [0.2, 0.25) is 5.02 Å². The summed E-state index contributed by atoms with van der Waals surface area (Å²) in [7, 11) is -3.44. The van der Waals surface area contributed by atoms with E-state index in [1.165, 1.54) is 6.07 Å². The number of H-pyrrole nitrogens is 1. The second kappa shape index (κ2) is 7.35. The molecule has 0 atom stereocenters. The number of nitrogens with zero attached hydrogens (tertiary/aromatic N) is 1. The highest BCUT2D eigenvalue weighted by molar-refractivity contribution is 7.92. The van der Waals surface area contributed by atoms with Crippen molar-refractivity contribution >= 4 is 38.3 Å². The molecule has 0 radical (unpaired) electrons. The van der Waals surface area contributed by atoms with Gasteiger partial charge in [-0.3, -0.25) is 9.52 Å². The fourth-order valence-electron chi connectivity index (χ4n) is 3.08. The molecule has 4 aromatic rings. The number of pyridine rings is 2. The zero-order valence-corrected chi connectivity index (χ0v) is 16.9. The summed E-state index contributed by atoms with van der Waals surface area (Å²) in [6.45, 7) is 0. The number of aromatic nitrogens is 2. The molecular formula is C21H16ClN3O3S. The quantitative estimate of drug-likeness (QED) is 0.510. The Morgan fingerprint density at radius 1 is 0.966 bits per heavy atom. The molecule has 0 amide bonds. The fraction of sp³-hybridized carbons (Fsp3) is 0.0476. The zero-order valence-electron chi connectivity index (χ0n) is 15.3. The highest BCUT2D eigenvalue weighted by Crippen LogP contribution is 2.36. The van der Waals surface area contributed by atoms with Crippen molar-refractivity contribution < 1.29 is 8.42 Å². The van der Waals surface area contributed by atoms with Crippen LogP contribution in [0.25, 0.3) is 33.4 Å². The number of hydrogen-bond acceptors (Lipinski definition) is 4. The van der Waals surface area contributed by atoms with Crippen molar-refractivity contribution in [3.8, 4) is 22.4 Å². The highest BCUT2D eigenvalue weighted by atomic mass is 35.5. The van der Waals surface area contributed by atoms with Gasteiger partial charge in [-0.25, -0.2) is 13.4 Å². The predicted octanol–water partition coefficient (Wildman–Crippen LogP) is 4.28. The van der Waals surface area contributed by atoms with E-state index >= 15 is 0 Å². The van der Waals surface area contributed by atoms with Gasteiger partial charge >= 0.3 is 0 Å².